The standard InChI is InChI=1S/C12H11N3O4S/c1-5-9(12(17)18)11(20-15-5)13-10(16)7-4-8(19-14-7)6-2-3-6/h4,6H,2-3H2,1H3,(H,13,16)(H,17,18). The van der Waals surface area contributed by atoms with Crippen LogP contribution in [0, 0.1) is 6.92 Å². The van der Waals surface area contributed by atoms with E-state index >= 15 is 0 Å². The number of nitrogens with zero attached hydrogens (tertiary/aromatic N) is 2. The van der Waals surface area contributed by atoms with E-state index in [-0.39, 0.29) is 16.3 Å². The number of aromatic carboxylic acids is 1. The highest BCUT2D eigenvalue weighted by atomic mass is 32.1. The summed E-state index contributed by atoms with van der Waals surface area (Å²) in [5.41, 5.74) is 0.528. The average Bonchev–Trinajstić information content (AvgIpc) is 3.00. The predicted octanol–water partition coefficient (Wildman–Crippen LogP) is 2.27. The Kier molecular flexibility index (Phi) is 3.01. The Morgan fingerprint density at radius 1 is 1.50 bits per heavy atom. The van der Waals surface area contributed by atoms with E-state index in [1.54, 1.807) is 13.0 Å². The van der Waals surface area contributed by atoms with Crippen LogP contribution in [0.5, 0.6) is 0 Å². The molecule has 20 heavy (non-hydrogen) atoms. The number of carboxylic acids is 1. The molecule has 2 N–H and O–H groups in total. The molecule has 7 nitrogen and oxygen atoms in total. The summed E-state index contributed by atoms with van der Waals surface area (Å²) in [6.07, 6.45) is 2.10. The minimum atomic E-state index is -1.12. The second kappa shape index (κ2) is 4.71. The summed E-state index contributed by atoms with van der Waals surface area (Å²) in [7, 11) is 0. The summed E-state index contributed by atoms with van der Waals surface area (Å²) in [5, 5.41) is 15.5. The second-order valence-corrected chi connectivity index (χ2v) is 5.39. The fourth-order valence-electron chi connectivity index (χ4n) is 1.83. The molecular formula is C12H11N3O4S. The first kappa shape index (κ1) is 12.8. The van der Waals surface area contributed by atoms with Crippen LogP contribution < -0.4 is 5.32 Å². The number of carbonyl (C=O) groups is 2. The second-order valence-electron chi connectivity index (χ2n) is 4.62. The minimum absolute atomic E-state index is 0.00858. The normalized spacial score (nSPS) is 14.2. The van der Waals surface area contributed by atoms with Crippen molar-refractivity contribution in [2.75, 3.05) is 5.32 Å². The van der Waals surface area contributed by atoms with E-state index in [4.69, 9.17) is 9.63 Å². The lowest BCUT2D eigenvalue weighted by Crippen LogP contribution is -2.13. The van der Waals surface area contributed by atoms with E-state index in [0.29, 0.717) is 17.4 Å². The SMILES string of the molecule is Cc1nsc(NC(=O)c2cc(C3CC3)on2)c1C(=O)O. The fourth-order valence-corrected chi connectivity index (χ4v) is 2.61. The molecule has 1 saturated carbocycles. The van der Waals surface area contributed by atoms with Gasteiger partial charge in [-0.25, -0.2) is 4.79 Å². The van der Waals surface area contributed by atoms with E-state index in [0.717, 1.165) is 24.4 Å². The number of anilines is 1. The molecule has 0 spiro atoms. The van der Waals surface area contributed by atoms with E-state index in [2.05, 4.69) is 14.8 Å². The number of rotatable bonds is 4. The van der Waals surface area contributed by atoms with Gasteiger partial charge in [0, 0.05) is 12.0 Å². The van der Waals surface area contributed by atoms with Crippen LogP contribution in [0.2, 0.25) is 0 Å². The van der Waals surface area contributed by atoms with Crippen molar-refractivity contribution in [3.8, 4) is 0 Å². The molecule has 2 aromatic rings. The van der Waals surface area contributed by atoms with E-state index in [1.807, 2.05) is 0 Å². The summed E-state index contributed by atoms with van der Waals surface area (Å²) in [4.78, 5) is 23.1. The maximum absolute atomic E-state index is 12.0. The number of carboxylic acid groups (broad SMARTS) is 1. The van der Waals surface area contributed by atoms with Crippen LogP contribution in [0.1, 0.15) is 51.1 Å². The lowest BCUT2D eigenvalue weighted by molar-refractivity contribution is 0.0697. The number of amides is 1. The maximum Gasteiger partial charge on any atom is 0.340 e. The molecule has 0 radical (unpaired) electrons. The third-order valence-electron chi connectivity index (χ3n) is 3.04. The zero-order valence-electron chi connectivity index (χ0n) is 10.5. The van der Waals surface area contributed by atoms with Crippen molar-refractivity contribution in [3.05, 3.63) is 28.8 Å². The van der Waals surface area contributed by atoms with Gasteiger partial charge in [0.25, 0.3) is 5.91 Å². The molecule has 0 unspecified atom stereocenters. The zero-order chi connectivity index (χ0) is 14.3. The van der Waals surface area contributed by atoms with Gasteiger partial charge in [-0.05, 0) is 31.3 Å². The van der Waals surface area contributed by atoms with Gasteiger partial charge in [-0.15, -0.1) is 0 Å². The van der Waals surface area contributed by atoms with Crippen LogP contribution >= 0.6 is 11.5 Å². The molecular weight excluding hydrogens is 282 g/mol. The topological polar surface area (TPSA) is 105 Å². The first-order valence-corrected chi connectivity index (χ1v) is 6.81. The zero-order valence-corrected chi connectivity index (χ0v) is 11.4. The molecule has 104 valence electrons. The molecule has 3 rings (SSSR count). The van der Waals surface area contributed by atoms with Gasteiger partial charge in [-0.3, -0.25) is 4.79 Å². The highest BCUT2D eigenvalue weighted by molar-refractivity contribution is 7.11. The fraction of sp³-hybridized carbons (Fsp3) is 0.333. The van der Waals surface area contributed by atoms with Gasteiger partial charge in [0.15, 0.2) is 5.69 Å². The highest BCUT2D eigenvalue weighted by Gasteiger charge is 2.29. The Hall–Kier alpha value is -2.22. The lowest BCUT2D eigenvalue weighted by atomic mass is 10.2. The Balaban J connectivity index is 1.79. The van der Waals surface area contributed by atoms with Crippen molar-refractivity contribution in [3.63, 3.8) is 0 Å². The monoisotopic (exact) mass is 293 g/mol. The third kappa shape index (κ3) is 2.29. The van der Waals surface area contributed by atoms with Crippen molar-refractivity contribution in [2.45, 2.75) is 25.7 Å². The number of nitrogens with one attached hydrogen (secondary N) is 1. The number of carbonyl (C=O) groups excluding carboxylic acids is 1. The minimum Gasteiger partial charge on any atom is -0.478 e. The van der Waals surface area contributed by atoms with Gasteiger partial charge in [0.05, 0.1) is 5.69 Å². The van der Waals surface area contributed by atoms with Crippen molar-refractivity contribution < 1.29 is 19.2 Å². The Morgan fingerprint density at radius 3 is 2.90 bits per heavy atom. The summed E-state index contributed by atoms with van der Waals surface area (Å²) >= 11 is 0.932. The number of aryl methyl sites for hydroxylation is 1. The molecule has 1 amide bonds. The molecule has 0 aromatic carbocycles. The Morgan fingerprint density at radius 2 is 2.25 bits per heavy atom. The quantitative estimate of drug-likeness (QED) is 0.895. The molecule has 1 aliphatic carbocycles. The van der Waals surface area contributed by atoms with Crippen molar-refractivity contribution in [1.29, 1.82) is 0 Å². The van der Waals surface area contributed by atoms with Crippen molar-refractivity contribution >= 4 is 28.4 Å². The molecule has 1 fully saturated rings. The summed E-state index contributed by atoms with van der Waals surface area (Å²) < 4.78 is 9.02. The summed E-state index contributed by atoms with van der Waals surface area (Å²) in [5.74, 6) is -0.546. The van der Waals surface area contributed by atoms with Gasteiger partial charge in [0.2, 0.25) is 0 Å². The van der Waals surface area contributed by atoms with Gasteiger partial charge in [-0.2, -0.15) is 4.37 Å². The van der Waals surface area contributed by atoms with Gasteiger partial charge in [0.1, 0.15) is 16.3 Å². The molecule has 8 heteroatoms. The number of hydrogen-bond acceptors (Lipinski definition) is 6. The molecule has 0 aliphatic heterocycles. The van der Waals surface area contributed by atoms with E-state index in [9.17, 15) is 9.59 Å². The number of aromatic nitrogens is 2. The summed E-state index contributed by atoms with van der Waals surface area (Å²) in [6.45, 7) is 1.58. The van der Waals surface area contributed by atoms with Crippen molar-refractivity contribution in [2.24, 2.45) is 0 Å². The first-order valence-electron chi connectivity index (χ1n) is 6.03. The van der Waals surface area contributed by atoms with E-state index in [1.165, 1.54) is 0 Å². The van der Waals surface area contributed by atoms with Crippen LogP contribution in [0.25, 0.3) is 0 Å². The highest BCUT2D eigenvalue weighted by Crippen LogP contribution is 2.40. The predicted molar refractivity (Wildman–Crippen MR) is 70.2 cm³/mol. The Labute approximate surface area is 117 Å². The van der Waals surface area contributed by atoms with Gasteiger partial charge < -0.3 is 14.9 Å². The first-order chi connectivity index (χ1) is 9.56. The Bertz CT molecular complexity index is 687. The molecule has 0 saturated heterocycles. The lowest BCUT2D eigenvalue weighted by Gasteiger charge is -2.00. The molecule has 2 aromatic heterocycles. The van der Waals surface area contributed by atoms with Crippen LogP contribution in [-0.4, -0.2) is 26.5 Å². The largest absolute Gasteiger partial charge is 0.478 e. The van der Waals surface area contributed by atoms with Gasteiger partial charge >= 0.3 is 5.97 Å². The van der Waals surface area contributed by atoms with E-state index < -0.39 is 11.9 Å². The van der Waals surface area contributed by atoms with Crippen LogP contribution in [-0.2, 0) is 0 Å². The molecule has 0 atom stereocenters. The third-order valence-corrected chi connectivity index (χ3v) is 3.90. The smallest absolute Gasteiger partial charge is 0.340 e. The molecule has 1 aliphatic rings. The summed E-state index contributed by atoms with van der Waals surface area (Å²) in [6, 6.07) is 1.60. The van der Waals surface area contributed by atoms with Crippen LogP contribution in [0.15, 0.2) is 10.6 Å². The molecule has 2 heterocycles. The van der Waals surface area contributed by atoms with Crippen LogP contribution in [0.3, 0.4) is 0 Å². The molecule has 0 bridgehead atoms. The number of hydrogen-bond donors (Lipinski definition) is 2. The van der Waals surface area contributed by atoms with Crippen LogP contribution in [0.4, 0.5) is 5.00 Å². The maximum atomic E-state index is 12.0. The van der Waals surface area contributed by atoms with Gasteiger partial charge in [-0.1, -0.05) is 5.16 Å². The van der Waals surface area contributed by atoms with Crippen molar-refractivity contribution in [1.82, 2.24) is 9.53 Å². The average molecular weight is 293 g/mol.